The summed E-state index contributed by atoms with van der Waals surface area (Å²) in [6, 6.07) is 19.6. The van der Waals surface area contributed by atoms with Crippen LogP contribution >= 0.6 is 11.6 Å². The van der Waals surface area contributed by atoms with Crippen LogP contribution in [0.3, 0.4) is 0 Å². The summed E-state index contributed by atoms with van der Waals surface area (Å²) in [5.74, 6) is 0. The molecular weight excluding hydrogens is 332 g/mol. The molecule has 0 fully saturated rings. The van der Waals surface area contributed by atoms with Crippen molar-refractivity contribution in [2.75, 3.05) is 0 Å². The molecule has 0 unspecified atom stereocenters. The second-order valence-corrected chi connectivity index (χ2v) is 6.14. The Balaban J connectivity index is 2.05. The Labute approximate surface area is 149 Å². The van der Waals surface area contributed by atoms with Crippen LogP contribution in [-0.4, -0.2) is 14.6 Å². The van der Waals surface area contributed by atoms with Gasteiger partial charge in [0.05, 0.1) is 17.0 Å². The fraction of sp³-hybridized carbons (Fsp3) is 0.0500. The number of aromatic nitrogens is 3. The maximum absolute atomic E-state index is 9.52. The minimum absolute atomic E-state index is 0.490. The maximum Gasteiger partial charge on any atom is 0.163 e. The Morgan fingerprint density at radius 1 is 1.00 bits per heavy atom. The number of hydrogen-bond acceptors (Lipinski definition) is 3. The van der Waals surface area contributed by atoms with Gasteiger partial charge in [-0.3, -0.25) is 0 Å². The average molecular weight is 345 g/mol. The van der Waals surface area contributed by atoms with Crippen molar-refractivity contribution in [2.24, 2.45) is 0 Å². The number of hydrogen-bond donors (Lipinski definition) is 0. The first-order valence-corrected chi connectivity index (χ1v) is 8.16. The number of nitrogens with zero attached hydrogens (tertiary/aromatic N) is 4. The molecule has 2 heterocycles. The van der Waals surface area contributed by atoms with Crippen LogP contribution in [-0.2, 0) is 0 Å². The highest BCUT2D eigenvalue weighted by Gasteiger charge is 2.18. The van der Waals surface area contributed by atoms with Gasteiger partial charge in [-0.15, -0.1) is 0 Å². The molecule has 4 nitrogen and oxygen atoms in total. The third kappa shape index (κ3) is 2.55. The molecule has 0 bridgehead atoms. The minimum Gasteiger partial charge on any atom is -0.235 e. The lowest BCUT2D eigenvalue weighted by Gasteiger charge is -2.07. The predicted octanol–water partition coefficient (Wildman–Crippen LogP) is 4.90. The summed E-state index contributed by atoms with van der Waals surface area (Å²) in [5, 5.41) is 14.9. The quantitative estimate of drug-likeness (QED) is 0.520. The van der Waals surface area contributed by atoms with E-state index in [1.165, 1.54) is 0 Å². The molecule has 0 aliphatic carbocycles. The van der Waals surface area contributed by atoms with Gasteiger partial charge in [0.1, 0.15) is 6.07 Å². The number of halogens is 1. The highest BCUT2D eigenvalue weighted by Crippen LogP contribution is 2.32. The number of rotatable bonds is 2. The summed E-state index contributed by atoms with van der Waals surface area (Å²) in [4.78, 5) is 4.50. The van der Waals surface area contributed by atoms with Crippen LogP contribution in [0.4, 0.5) is 0 Å². The van der Waals surface area contributed by atoms with Gasteiger partial charge in [0.15, 0.2) is 5.65 Å². The van der Waals surface area contributed by atoms with Gasteiger partial charge < -0.3 is 0 Å². The van der Waals surface area contributed by atoms with E-state index in [9.17, 15) is 5.26 Å². The molecule has 0 atom stereocenters. The molecule has 0 saturated carbocycles. The van der Waals surface area contributed by atoms with E-state index in [4.69, 9.17) is 11.6 Å². The molecule has 25 heavy (non-hydrogen) atoms. The standard InChI is InChI=1S/C20H13ClN4/c1-13-18(14-7-9-17(21)10-8-14)20-23-12-16(11-22)19(25(20)24-13)15-5-3-2-4-6-15/h2-10,12H,1H3. The zero-order chi connectivity index (χ0) is 17.4. The van der Waals surface area contributed by atoms with E-state index in [1.54, 1.807) is 10.7 Å². The van der Waals surface area contributed by atoms with Crippen LogP contribution in [0.5, 0.6) is 0 Å². The van der Waals surface area contributed by atoms with Crippen LogP contribution in [0, 0.1) is 18.3 Å². The second-order valence-electron chi connectivity index (χ2n) is 5.70. The molecule has 4 rings (SSSR count). The van der Waals surface area contributed by atoms with Gasteiger partial charge in [0, 0.05) is 22.3 Å². The van der Waals surface area contributed by atoms with Gasteiger partial charge in [0.2, 0.25) is 0 Å². The number of benzene rings is 2. The number of fused-ring (bicyclic) bond motifs is 1. The van der Waals surface area contributed by atoms with Crippen molar-refractivity contribution in [2.45, 2.75) is 6.92 Å². The lowest BCUT2D eigenvalue weighted by atomic mass is 10.1. The first kappa shape index (κ1) is 15.4. The van der Waals surface area contributed by atoms with E-state index in [1.807, 2.05) is 61.5 Å². The summed E-state index contributed by atoms with van der Waals surface area (Å²) < 4.78 is 1.76. The molecule has 0 saturated heterocycles. The first-order chi connectivity index (χ1) is 12.2. The maximum atomic E-state index is 9.52. The summed E-state index contributed by atoms with van der Waals surface area (Å²) in [7, 11) is 0. The van der Waals surface area contributed by atoms with Crippen molar-refractivity contribution in [3.05, 3.63) is 77.1 Å². The Morgan fingerprint density at radius 2 is 1.72 bits per heavy atom. The molecule has 120 valence electrons. The monoisotopic (exact) mass is 344 g/mol. The van der Waals surface area contributed by atoms with E-state index < -0.39 is 0 Å². The normalized spacial score (nSPS) is 10.8. The van der Waals surface area contributed by atoms with Gasteiger partial charge in [-0.25, -0.2) is 9.50 Å². The lowest BCUT2D eigenvalue weighted by molar-refractivity contribution is 0.921. The first-order valence-electron chi connectivity index (χ1n) is 7.79. The molecular formula is C20H13ClN4. The Kier molecular flexibility index (Phi) is 3.72. The van der Waals surface area contributed by atoms with Crippen molar-refractivity contribution in [3.63, 3.8) is 0 Å². The summed E-state index contributed by atoms with van der Waals surface area (Å²) in [6.07, 6.45) is 1.61. The number of nitriles is 1. The van der Waals surface area contributed by atoms with Crippen LogP contribution in [0.2, 0.25) is 5.02 Å². The molecule has 0 radical (unpaired) electrons. The smallest absolute Gasteiger partial charge is 0.163 e. The van der Waals surface area contributed by atoms with E-state index in [0.717, 1.165) is 33.7 Å². The molecule has 2 aromatic carbocycles. The van der Waals surface area contributed by atoms with Crippen molar-refractivity contribution >= 4 is 17.2 Å². The van der Waals surface area contributed by atoms with Crippen LogP contribution in [0.15, 0.2) is 60.8 Å². The molecule has 0 aliphatic heterocycles. The van der Waals surface area contributed by atoms with Gasteiger partial charge >= 0.3 is 0 Å². The van der Waals surface area contributed by atoms with E-state index in [2.05, 4.69) is 16.2 Å². The van der Waals surface area contributed by atoms with Crippen molar-refractivity contribution in [1.29, 1.82) is 5.26 Å². The minimum atomic E-state index is 0.490. The Hall–Kier alpha value is -3.16. The van der Waals surface area contributed by atoms with Crippen molar-refractivity contribution in [3.8, 4) is 28.5 Å². The van der Waals surface area contributed by atoms with Gasteiger partial charge in [-0.2, -0.15) is 10.4 Å². The summed E-state index contributed by atoms with van der Waals surface area (Å²) in [5.41, 5.74) is 5.67. The molecule has 0 spiro atoms. The van der Waals surface area contributed by atoms with Crippen molar-refractivity contribution < 1.29 is 0 Å². The third-order valence-electron chi connectivity index (χ3n) is 4.12. The molecule has 0 aliphatic rings. The average Bonchev–Trinajstić information content (AvgIpc) is 2.98. The van der Waals surface area contributed by atoms with Crippen LogP contribution in [0.25, 0.3) is 28.0 Å². The fourth-order valence-corrected chi connectivity index (χ4v) is 3.13. The molecule has 2 aromatic heterocycles. The topological polar surface area (TPSA) is 54.0 Å². The molecule has 5 heteroatoms. The van der Waals surface area contributed by atoms with Crippen LogP contribution in [0.1, 0.15) is 11.3 Å². The molecule has 4 aromatic rings. The van der Waals surface area contributed by atoms with E-state index in [-0.39, 0.29) is 0 Å². The molecule has 0 N–H and O–H groups in total. The van der Waals surface area contributed by atoms with Gasteiger partial charge in [-0.1, -0.05) is 54.1 Å². The zero-order valence-corrected chi connectivity index (χ0v) is 14.2. The number of aryl methyl sites for hydroxylation is 1. The zero-order valence-electron chi connectivity index (χ0n) is 13.4. The van der Waals surface area contributed by atoms with Gasteiger partial charge in [-0.05, 0) is 24.6 Å². The van der Waals surface area contributed by atoms with Crippen LogP contribution < -0.4 is 0 Å². The van der Waals surface area contributed by atoms with E-state index >= 15 is 0 Å². The third-order valence-corrected chi connectivity index (χ3v) is 4.37. The summed E-state index contributed by atoms with van der Waals surface area (Å²) in [6.45, 7) is 1.94. The Bertz CT molecular complexity index is 1110. The van der Waals surface area contributed by atoms with Gasteiger partial charge in [0.25, 0.3) is 0 Å². The van der Waals surface area contributed by atoms with E-state index in [0.29, 0.717) is 10.6 Å². The fourth-order valence-electron chi connectivity index (χ4n) is 3.00. The van der Waals surface area contributed by atoms with Crippen molar-refractivity contribution in [1.82, 2.24) is 14.6 Å². The molecule has 0 amide bonds. The predicted molar refractivity (Wildman–Crippen MR) is 98.3 cm³/mol. The Morgan fingerprint density at radius 3 is 2.40 bits per heavy atom. The summed E-state index contributed by atoms with van der Waals surface area (Å²) >= 11 is 6.00. The largest absolute Gasteiger partial charge is 0.235 e. The highest BCUT2D eigenvalue weighted by atomic mass is 35.5. The SMILES string of the molecule is Cc1nn2c(-c3ccccc3)c(C#N)cnc2c1-c1ccc(Cl)cc1. The second kappa shape index (κ2) is 6.04. The highest BCUT2D eigenvalue weighted by molar-refractivity contribution is 6.30. The lowest BCUT2D eigenvalue weighted by Crippen LogP contribution is -2.00.